The Balaban J connectivity index is 1.31. The second-order valence-electron chi connectivity index (χ2n) is 9.19. The first-order valence-corrected chi connectivity index (χ1v) is 11.4. The van der Waals surface area contributed by atoms with Gasteiger partial charge in [-0.15, -0.1) is 0 Å². The van der Waals surface area contributed by atoms with Gasteiger partial charge in [-0.05, 0) is 51.4 Å². The lowest BCUT2D eigenvalue weighted by atomic mass is 10.00. The van der Waals surface area contributed by atoms with Crippen LogP contribution < -0.4 is 5.32 Å². The van der Waals surface area contributed by atoms with Crippen molar-refractivity contribution in [2.24, 2.45) is 0 Å². The predicted octanol–water partition coefficient (Wildman–Crippen LogP) is 2.53. The summed E-state index contributed by atoms with van der Waals surface area (Å²) >= 11 is 0. The van der Waals surface area contributed by atoms with Crippen molar-refractivity contribution >= 4 is 12.1 Å². The zero-order valence-corrected chi connectivity index (χ0v) is 17.0. The zero-order valence-electron chi connectivity index (χ0n) is 17.0. The first-order chi connectivity index (χ1) is 13.6. The van der Waals surface area contributed by atoms with E-state index in [1.165, 1.54) is 19.3 Å². The van der Waals surface area contributed by atoms with Crippen molar-refractivity contribution in [2.45, 2.75) is 94.9 Å². The average molecular weight is 393 g/mol. The van der Waals surface area contributed by atoms with Gasteiger partial charge in [-0.3, -0.25) is 0 Å². The number of fused-ring (bicyclic) bond motifs is 2. The van der Waals surface area contributed by atoms with Gasteiger partial charge < -0.3 is 25.1 Å². The molecule has 4 aliphatic rings. The highest BCUT2D eigenvalue weighted by Gasteiger charge is 2.43. The van der Waals surface area contributed by atoms with E-state index in [4.69, 9.17) is 0 Å². The molecule has 4 fully saturated rings. The largest absolute Gasteiger partial charge is 0.393 e. The zero-order chi connectivity index (χ0) is 19.5. The van der Waals surface area contributed by atoms with Crippen LogP contribution in [-0.4, -0.2) is 82.3 Å². The molecule has 0 aliphatic carbocycles. The van der Waals surface area contributed by atoms with E-state index in [1.54, 1.807) is 0 Å². The van der Waals surface area contributed by atoms with Gasteiger partial charge in [-0.2, -0.15) is 0 Å². The summed E-state index contributed by atoms with van der Waals surface area (Å²) in [6.45, 7) is 3.15. The molecule has 0 spiro atoms. The minimum Gasteiger partial charge on any atom is -0.393 e. The number of nitrogens with zero attached hydrogens (tertiary/aromatic N) is 3. The van der Waals surface area contributed by atoms with Crippen LogP contribution in [0.4, 0.5) is 9.59 Å². The number of hydrogen-bond donors (Lipinski definition) is 2. The Bertz CT molecular complexity index is 550. The van der Waals surface area contributed by atoms with Gasteiger partial charge in [-0.25, -0.2) is 9.59 Å². The topological polar surface area (TPSA) is 76.1 Å². The molecule has 4 aliphatic heterocycles. The number of carbonyl (C=O) groups is 2. The van der Waals surface area contributed by atoms with Crippen LogP contribution in [0.5, 0.6) is 0 Å². The lowest BCUT2D eigenvalue weighted by Crippen LogP contribution is -2.58. The summed E-state index contributed by atoms with van der Waals surface area (Å²) in [5, 5.41) is 13.2. The van der Waals surface area contributed by atoms with Crippen LogP contribution in [0.2, 0.25) is 0 Å². The molecule has 4 rings (SSSR count). The van der Waals surface area contributed by atoms with Crippen LogP contribution in [-0.2, 0) is 0 Å². The number of hydrogen-bond acceptors (Lipinski definition) is 3. The van der Waals surface area contributed by atoms with E-state index in [0.717, 1.165) is 58.2 Å². The van der Waals surface area contributed by atoms with E-state index in [9.17, 15) is 14.7 Å². The first-order valence-electron chi connectivity index (χ1n) is 11.4. The molecule has 1 unspecified atom stereocenters. The molecule has 4 saturated heterocycles. The number of rotatable bonds is 1. The summed E-state index contributed by atoms with van der Waals surface area (Å²) in [7, 11) is 0. The van der Waals surface area contributed by atoms with Crippen LogP contribution in [0.3, 0.4) is 0 Å². The molecule has 0 saturated carbocycles. The van der Waals surface area contributed by atoms with Gasteiger partial charge in [0, 0.05) is 44.3 Å². The van der Waals surface area contributed by atoms with Crippen molar-refractivity contribution in [3.63, 3.8) is 0 Å². The monoisotopic (exact) mass is 392 g/mol. The molecule has 28 heavy (non-hydrogen) atoms. The summed E-state index contributed by atoms with van der Waals surface area (Å²) < 4.78 is 0. The van der Waals surface area contributed by atoms with Gasteiger partial charge in [0.1, 0.15) is 0 Å². The van der Waals surface area contributed by atoms with E-state index in [1.807, 2.05) is 14.7 Å². The van der Waals surface area contributed by atoms with Gasteiger partial charge in [0.05, 0.1) is 6.10 Å². The summed E-state index contributed by atoms with van der Waals surface area (Å²) in [5.74, 6) is 0. The molecule has 4 amide bonds. The first kappa shape index (κ1) is 19.8. The number of aliphatic hydroxyl groups is 1. The maximum Gasteiger partial charge on any atom is 0.320 e. The molecular formula is C21H36N4O3. The molecule has 0 aromatic carbocycles. The Kier molecular flexibility index (Phi) is 6.28. The van der Waals surface area contributed by atoms with E-state index < -0.39 is 0 Å². The Labute approximate surface area is 168 Å². The fourth-order valence-electron chi connectivity index (χ4n) is 5.64. The Hall–Kier alpha value is -1.50. The molecule has 158 valence electrons. The minimum atomic E-state index is -0.262. The van der Waals surface area contributed by atoms with Crippen molar-refractivity contribution < 1.29 is 14.7 Å². The number of nitrogens with one attached hydrogen (secondary N) is 1. The third-order valence-electron chi connectivity index (χ3n) is 7.09. The standard InChI is InChI=1S/C21H36N4O3/c26-19-13-17-8-9-18(14-19)25(17)20(27)22-16-7-6-12-24(15-16)21(28)23-10-4-2-1-3-5-11-23/h16-19,26H,1-15H2,(H,22,27)/t16-,17-,18+,19?/m0/s1. The number of amides is 4. The second-order valence-corrected chi connectivity index (χ2v) is 9.19. The SMILES string of the molecule is O=C(N1CCCCCCC1)N1CCC[C@H](NC(=O)N2[C@@H]3CC[C@H]2CC(O)C3)C1. The number of likely N-dealkylation sites (tertiary alicyclic amines) is 2. The van der Waals surface area contributed by atoms with Crippen LogP contribution >= 0.6 is 0 Å². The number of piperidine rings is 2. The van der Waals surface area contributed by atoms with Gasteiger partial charge >= 0.3 is 12.1 Å². The maximum absolute atomic E-state index is 13.0. The molecule has 2 bridgehead atoms. The van der Waals surface area contributed by atoms with Crippen molar-refractivity contribution in [3.05, 3.63) is 0 Å². The third-order valence-corrected chi connectivity index (χ3v) is 7.09. The van der Waals surface area contributed by atoms with Gasteiger partial charge in [0.15, 0.2) is 0 Å². The van der Waals surface area contributed by atoms with Crippen LogP contribution in [0.25, 0.3) is 0 Å². The minimum absolute atomic E-state index is 0.00459. The Morgan fingerprint density at radius 2 is 1.39 bits per heavy atom. The Morgan fingerprint density at radius 1 is 0.786 bits per heavy atom. The quantitative estimate of drug-likeness (QED) is 0.720. The van der Waals surface area contributed by atoms with Gasteiger partial charge in [0.2, 0.25) is 0 Å². The highest BCUT2D eigenvalue weighted by atomic mass is 16.3. The van der Waals surface area contributed by atoms with Crippen molar-refractivity contribution in [1.29, 1.82) is 0 Å². The van der Waals surface area contributed by atoms with Crippen molar-refractivity contribution in [1.82, 2.24) is 20.0 Å². The summed E-state index contributed by atoms with van der Waals surface area (Å²) in [4.78, 5) is 31.9. The smallest absolute Gasteiger partial charge is 0.320 e. The van der Waals surface area contributed by atoms with E-state index in [2.05, 4.69) is 5.32 Å². The van der Waals surface area contributed by atoms with Crippen molar-refractivity contribution in [2.75, 3.05) is 26.2 Å². The van der Waals surface area contributed by atoms with E-state index >= 15 is 0 Å². The molecule has 7 nitrogen and oxygen atoms in total. The van der Waals surface area contributed by atoms with Crippen LogP contribution in [0.15, 0.2) is 0 Å². The van der Waals surface area contributed by atoms with Gasteiger partial charge in [-0.1, -0.05) is 19.3 Å². The summed E-state index contributed by atoms with van der Waals surface area (Å²) in [5.41, 5.74) is 0. The van der Waals surface area contributed by atoms with Crippen molar-refractivity contribution in [3.8, 4) is 0 Å². The summed E-state index contributed by atoms with van der Waals surface area (Å²) in [6, 6.07) is 0.547. The maximum atomic E-state index is 13.0. The number of urea groups is 2. The van der Waals surface area contributed by atoms with Crippen LogP contribution in [0.1, 0.15) is 70.6 Å². The van der Waals surface area contributed by atoms with Gasteiger partial charge in [0.25, 0.3) is 0 Å². The molecule has 0 aromatic rings. The summed E-state index contributed by atoms with van der Waals surface area (Å²) in [6.07, 6.45) is 10.9. The molecule has 4 heterocycles. The lowest BCUT2D eigenvalue weighted by Gasteiger charge is -2.40. The number of aliphatic hydroxyl groups excluding tert-OH is 1. The van der Waals surface area contributed by atoms with E-state index in [0.29, 0.717) is 19.4 Å². The highest BCUT2D eigenvalue weighted by Crippen LogP contribution is 2.35. The van der Waals surface area contributed by atoms with E-state index in [-0.39, 0.29) is 36.3 Å². The highest BCUT2D eigenvalue weighted by molar-refractivity contribution is 5.77. The number of carbonyl (C=O) groups excluding carboxylic acids is 2. The fraction of sp³-hybridized carbons (Fsp3) is 0.905. The predicted molar refractivity (Wildman–Crippen MR) is 107 cm³/mol. The second kappa shape index (κ2) is 8.89. The average Bonchev–Trinajstić information content (AvgIpc) is 2.93. The van der Waals surface area contributed by atoms with Crippen LogP contribution in [0, 0.1) is 0 Å². The molecule has 7 heteroatoms. The molecule has 0 radical (unpaired) electrons. The normalized spacial score (nSPS) is 34.0. The third kappa shape index (κ3) is 4.39. The molecule has 4 atom stereocenters. The molecular weight excluding hydrogens is 356 g/mol. The molecule has 0 aromatic heterocycles. The Morgan fingerprint density at radius 3 is 2.07 bits per heavy atom. The fourth-order valence-corrected chi connectivity index (χ4v) is 5.64. The lowest BCUT2D eigenvalue weighted by molar-refractivity contribution is 0.0522. The molecule has 2 N–H and O–H groups in total.